The van der Waals surface area contributed by atoms with E-state index in [1.807, 2.05) is 0 Å². The summed E-state index contributed by atoms with van der Waals surface area (Å²) in [6.07, 6.45) is 0. The van der Waals surface area contributed by atoms with Crippen LogP contribution in [-0.2, 0) is 10.0 Å². The topological polar surface area (TPSA) is 37.4 Å². The van der Waals surface area contributed by atoms with Crippen LogP contribution in [-0.4, -0.2) is 15.0 Å². The van der Waals surface area contributed by atoms with Crippen LogP contribution in [0.5, 0.6) is 0 Å². The van der Waals surface area contributed by atoms with Gasteiger partial charge in [0.1, 0.15) is 10.7 Å². The molecule has 22 heavy (non-hydrogen) atoms. The number of hydrogen-bond acceptors (Lipinski definition) is 2. The Labute approximate surface area is 146 Å². The molecule has 0 aliphatic heterocycles. The smallest absolute Gasteiger partial charge is 0.264 e. The lowest BCUT2D eigenvalue weighted by molar-refractivity contribution is 0.586. The largest absolute Gasteiger partial charge is 0.265 e. The van der Waals surface area contributed by atoms with Gasteiger partial charge in [0, 0.05) is 16.0 Å². The molecule has 0 aliphatic carbocycles. The van der Waals surface area contributed by atoms with E-state index in [0.29, 0.717) is 4.47 Å². The lowest BCUT2D eigenvalue weighted by atomic mass is 10.3. The molecular weight excluding hydrogens is 416 g/mol. The van der Waals surface area contributed by atoms with Gasteiger partial charge in [-0.15, -0.1) is 0 Å². The van der Waals surface area contributed by atoms with E-state index in [1.54, 1.807) is 13.0 Å². The molecule has 0 atom stereocenters. The second-order valence-corrected chi connectivity index (χ2v) is 7.93. The summed E-state index contributed by atoms with van der Waals surface area (Å²) in [7, 11) is -4.03. The van der Waals surface area contributed by atoms with Gasteiger partial charge in [-0.05, 0) is 43.3 Å². The molecule has 0 aromatic heterocycles. The van der Waals surface area contributed by atoms with Crippen LogP contribution in [0.1, 0.15) is 6.92 Å². The van der Waals surface area contributed by atoms with E-state index in [2.05, 4.69) is 15.9 Å². The van der Waals surface area contributed by atoms with E-state index in [4.69, 9.17) is 23.2 Å². The number of nitrogens with zero attached hydrogens (tertiary/aromatic N) is 1. The Morgan fingerprint density at radius 3 is 2.45 bits per heavy atom. The lowest BCUT2D eigenvalue weighted by Crippen LogP contribution is -2.31. The zero-order valence-electron chi connectivity index (χ0n) is 11.4. The molecule has 2 aromatic rings. The number of rotatable bonds is 4. The SMILES string of the molecule is CCN(c1ccc(Br)cc1F)S(=O)(=O)c1cc(Cl)ccc1Cl. The normalized spacial score (nSPS) is 11.5. The molecule has 0 N–H and O–H groups in total. The molecule has 0 amide bonds. The van der Waals surface area contributed by atoms with Gasteiger partial charge in [0.15, 0.2) is 0 Å². The summed E-state index contributed by atoms with van der Waals surface area (Å²) >= 11 is 15.0. The van der Waals surface area contributed by atoms with Crippen LogP contribution in [0, 0.1) is 5.82 Å². The van der Waals surface area contributed by atoms with Gasteiger partial charge in [-0.1, -0.05) is 39.1 Å². The predicted molar refractivity (Wildman–Crippen MR) is 90.8 cm³/mol. The van der Waals surface area contributed by atoms with Gasteiger partial charge >= 0.3 is 0 Å². The van der Waals surface area contributed by atoms with Crippen molar-refractivity contribution in [2.75, 3.05) is 10.8 Å². The number of hydrogen-bond donors (Lipinski definition) is 0. The second kappa shape index (κ2) is 6.74. The van der Waals surface area contributed by atoms with E-state index >= 15 is 0 Å². The summed E-state index contributed by atoms with van der Waals surface area (Å²) < 4.78 is 41.1. The molecule has 2 aromatic carbocycles. The Balaban J connectivity index is 2.61. The zero-order valence-corrected chi connectivity index (χ0v) is 15.3. The molecule has 0 spiro atoms. The predicted octanol–water partition coefficient (Wildman–Crippen LogP) is 5.11. The van der Waals surface area contributed by atoms with E-state index in [1.165, 1.54) is 30.3 Å². The van der Waals surface area contributed by atoms with Crippen molar-refractivity contribution in [3.63, 3.8) is 0 Å². The van der Waals surface area contributed by atoms with Crippen molar-refractivity contribution in [1.82, 2.24) is 0 Å². The van der Waals surface area contributed by atoms with Crippen molar-refractivity contribution < 1.29 is 12.8 Å². The van der Waals surface area contributed by atoms with Gasteiger partial charge in [0.05, 0.1) is 10.7 Å². The van der Waals surface area contributed by atoms with E-state index in [9.17, 15) is 12.8 Å². The standard InChI is InChI=1S/C14H11BrCl2FNO2S/c1-2-19(13-6-3-9(15)7-12(13)18)22(20,21)14-8-10(16)4-5-11(14)17/h3-8H,2H2,1H3. The first-order chi connectivity index (χ1) is 10.3. The summed E-state index contributed by atoms with van der Waals surface area (Å²) in [6, 6.07) is 8.28. The molecule has 118 valence electrons. The molecule has 0 heterocycles. The van der Waals surface area contributed by atoms with Crippen molar-refractivity contribution in [3.8, 4) is 0 Å². The molecule has 0 unspecified atom stereocenters. The van der Waals surface area contributed by atoms with Gasteiger partial charge in [-0.2, -0.15) is 0 Å². The Bertz CT molecular complexity index is 814. The fraction of sp³-hybridized carbons (Fsp3) is 0.143. The third kappa shape index (κ3) is 3.40. The van der Waals surface area contributed by atoms with Crippen molar-refractivity contribution in [2.24, 2.45) is 0 Å². The van der Waals surface area contributed by atoms with E-state index in [0.717, 1.165) is 4.31 Å². The number of benzene rings is 2. The Morgan fingerprint density at radius 2 is 1.86 bits per heavy atom. The molecule has 0 saturated carbocycles. The van der Waals surface area contributed by atoms with Crippen LogP contribution >= 0.6 is 39.1 Å². The molecule has 3 nitrogen and oxygen atoms in total. The minimum Gasteiger partial charge on any atom is -0.264 e. The summed E-state index contributed by atoms with van der Waals surface area (Å²) in [5.74, 6) is -0.655. The molecular formula is C14H11BrCl2FNO2S. The van der Waals surface area contributed by atoms with Crippen molar-refractivity contribution in [2.45, 2.75) is 11.8 Å². The second-order valence-electron chi connectivity index (χ2n) is 4.34. The quantitative estimate of drug-likeness (QED) is 0.681. The molecule has 0 aliphatic rings. The van der Waals surface area contributed by atoms with Crippen LogP contribution in [0.2, 0.25) is 10.0 Å². The minimum absolute atomic E-state index is 0.0281. The monoisotopic (exact) mass is 425 g/mol. The average Bonchev–Trinajstić information content (AvgIpc) is 2.44. The van der Waals surface area contributed by atoms with Gasteiger partial charge in [-0.25, -0.2) is 12.8 Å². The third-order valence-corrected chi connectivity index (χ3v) is 6.03. The Morgan fingerprint density at radius 1 is 1.18 bits per heavy atom. The molecule has 8 heteroatoms. The number of halogens is 4. The molecule has 0 fully saturated rings. The molecule has 2 rings (SSSR count). The van der Waals surface area contributed by atoms with Crippen LogP contribution in [0.25, 0.3) is 0 Å². The average molecular weight is 427 g/mol. The van der Waals surface area contributed by atoms with Crippen molar-refractivity contribution in [1.29, 1.82) is 0 Å². The first kappa shape index (κ1) is 17.5. The maximum Gasteiger partial charge on any atom is 0.265 e. The van der Waals surface area contributed by atoms with E-state index < -0.39 is 15.8 Å². The third-order valence-electron chi connectivity index (χ3n) is 2.93. The highest BCUT2D eigenvalue weighted by atomic mass is 79.9. The minimum atomic E-state index is -4.03. The van der Waals surface area contributed by atoms with Gasteiger partial charge in [0.2, 0.25) is 0 Å². The maximum atomic E-state index is 14.1. The fourth-order valence-electron chi connectivity index (χ4n) is 1.95. The van der Waals surface area contributed by atoms with Crippen LogP contribution in [0.4, 0.5) is 10.1 Å². The van der Waals surface area contributed by atoms with Crippen LogP contribution in [0.15, 0.2) is 45.8 Å². The molecule has 0 bridgehead atoms. The first-order valence-corrected chi connectivity index (χ1v) is 9.19. The number of anilines is 1. The first-order valence-electron chi connectivity index (χ1n) is 6.20. The Hall–Kier alpha value is -0.820. The van der Waals surface area contributed by atoms with Crippen molar-refractivity contribution in [3.05, 3.63) is 56.7 Å². The highest BCUT2D eigenvalue weighted by Gasteiger charge is 2.28. The zero-order chi connectivity index (χ0) is 16.5. The number of sulfonamides is 1. The fourth-order valence-corrected chi connectivity index (χ4v) is 4.50. The maximum absolute atomic E-state index is 14.1. The summed E-state index contributed by atoms with van der Waals surface area (Å²) in [6.45, 7) is 1.65. The molecule has 0 radical (unpaired) electrons. The highest BCUT2D eigenvalue weighted by molar-refractivity contribution is 9.10. The summed E-state index contributed by atoms with van der Waals surface area (Å²) in [5, 5.41) is 0.260. The Kier molecular flexibility index (Phi) is 5.37. The van der Waals surface area contributed by atoms with Crippen LogP contribution in [0.3, 0.4) is 0 Å². The van der Waals surface area contributed by atoms with Gasteiger partial charge in [-0.3, -0.25) is 4.31 Å². The van der Waals surface area contributed by atoms with Crippen LogP contribution < -0.4 is 4.31 Å². The summed E-state index contributed by atoms with van der Waals surface area (Å²) in [4.78, 5) is -0.161. The lowest BCUT2D eigenvalue weighted by Gasteiger charge is -2.24. The summed E-state index contributed by atoms with van der Waals surface area (Å²) in [5.41, 5.74) is -0.0539. The van der Waals surface area contributed by atoms with E-state index in [-0.39, 0.29) is 27.2 Å². The highest BCUT2D eigenvalue weighted by Crippen LogP contribution is 2.32. The van der Waals surface area contributed by atoms with Gasteiger partial charge in [0.25, 0.3) is 10.0 Å². The van der Waals surface area contributed by atoms with Crippen molar-refractivity contribution >= 4 is 54.8 Å². The van der Waals surface area contributed by atoms with Gasteiger partial charge < -0.3 is 0 Å². The molecule has 0 saturated heterocycles.